The molecule has 0 aliphatic heterocycles. The van der Waals surface area contributed by atoms with Gasteiger partial charge in [0.05, 0.1) is 0 Å². The zero-order valence-corrected chi connectivity index (χ0v) is 11.6. The Kier molecular flexibility index (Phi) is 3.56. The molecule has 0 saturated carbocycles. The summed E-state index contributed by atoms with van der Waals surface area (Å²) in [6.45, 7) is 1.81. The minimum Gasteiger partial charge on any atom is -0.458 e. The van der Waals surface area contributed by atoms with E-state index in [0.717, 1.165) is 11.5 Å². The number of ketones is 1. The molecule has 2 aromatic carbocycles. The SMILES string of the molecule is Cc1ccc(C(=O)c2ccc(Oc3ccccc3)cc2)o1. The second-order valence-corrected chi connectivity index (χ2v) is 4.68. The molecule has 104 valence electrons. The molecule has 3 heteroatoms. The summed E-state index contributed by atoms with van der Waals surface area (Å²) in [6, 6.07) is 20.0. The number of hydrogen-bond acceptors (Lipinski definition) is 3. The van der Waals surface area contributed by atoms with E-state index in [9.17, 15) is 4.79 Å². The molecule has 0 radical (unpaired) electrons. The minimum absolute atomic E-state index is 0.130. The van der Waals surface area contributed by atoms with Crippen molar-refractivity contribution >= 4 is 5.78 Å². The molecule has 0 N–H and O–H groups in total. The van der Waals surface area contributed by atoms with Crippen molar-refractivity contribution in [2.75, 3.05) is 0 Å². The van der Waals surface area contributed by atoms with Crippen molar-refractivity contribution in [3.05, 3.63) is 83.8 Å². The lowest BCUT2D eigenvalue weighted by atomic mass is 10.1. The molecule has 0 saturated heterocycles. The Hall–Kier alpha value is -2.81. The highest BCUT2D eigenvalue weighted by atomic mass is 16.5. The summed E-state index contributed by atoms with van der Waals surface area (Å²) in [5.41, 5.74) is 0.574. The molecule has 0 aliphatic rings. The van der Waals surface area contributed by atoms with E-state index in [1.54, 1.807) is 36.4 Å². The monoisotopic (exact) mass is 278 g/mol. The molecule has 3 nitrogen and oxygen atoms in total. The van der Waals surface area contributed by atoms with E-state index in [-0.39, 0.29) is 5.78 Å². The third-order valence-corrected chi connectivity index (χ3v) is 3.06. The van der Waals surface area contributed by atoms with Crippen LogP contribution in [0.5, 0.6) is 11.5 Å². The molecule has 0 aliphatic carbocycles. The van der Waals surface area contributed by atoms with Gasteiger partial charge in [-0.25, -0.2) is 0 Å². The highest BCUT2D eigenvalue weighted by molar-refractivity contribution is 6.07. The van der Waals surface area contributed by atoms with Gasteiger partial charge in [0, 0.05) is 5.56 Å². The molecule has 1 aromatic heterocycles. The molecule has 0 amide bonds. The van der Waals surface area contributed by atoms with Crippen LogP contribution in [-0.2, 0) is 0 Å². The third-order valence-electron chi connectivity index (χ3n) is 3.06. The summed E-state index contributed by atoms with van der Waals surface area (Å²) in [4.78, 5) is 12.2. The smallest absolute Gasteiger partial charge is 0.228 e. The number of hydrogen-bond donors (Lipinski definition) is 0. The lowest BCUT2D eigenvalue weighted by Crippen LogP contribution is -1.99. The van der Waals surface area contributed by atoms with Crippen molar-refractivity contribution in [2.24, 2.45) is 0 Å². The van der Waals surface area contributed by atoms with E-state index in [1.807, 2.05) is 37.3 Å². The fourth-order valence-corrected chi connectivity index (χ4v) is 2.00. The Balaban J connectivity index is 1.76. The van der Waals surface area contributed by atoms with E-state index >= 15 is 0 Å². The molecule has 0 fully saturated rings. The Morgan fingerprint density at radius 2 is 1.52 bits per heavy atom. The highest BCUT2D eigenvalue weighted by Gasteiger charge is 2.12. The van der Waals surface area contributed by atoms with Gasteiger partial charge in [-0.15, -0.1) is 0 Å². The van der Waals surface area contributed by atoms with Crippen LogP contribution in [0.25, 0.3) is 0 Å². The first-order valence-electron chi connectivity index (χ1n) is 6.66. The summed E-state index contributed by atoms with van der Waals surface area (Å²) in [7, 11) is 0. The van der Waals surface area contributed by atoms with Gasteiger partial charge in [-0.2, -0.15) is 0 Å². The lowest BCUT2D eigenvalue weighted by molar-refractivity contribution is 0.101. The van der Waals surface area contributed by atoms with Gasteiger partial charge in [-0.1, -0.05) is 18.2 Å². The predicted molar refractivity (Wildman–Crippen MR) is 79.8 cm³/mol. The Bertz CT molecular complexity index is 740. The molecular formula is C18H14O3. The molecule has 21 heavy (non-hydrogen) atoms. The van der Waals surface area contributed by atoms with Crippen molar-refractivity contribution in [1.82, 2.24) is 0 Å². The lowest BCUT2D eigenvalue weighted by Gasteiger charge is -2.05. The summed E-state index contributed by atoms with van der Waals surface area (Å²) in [5.74, 6) is 2.40. The molecule has 0 bridgehead atoms. The van der Waals surface area contributed by atoms with E-state index in [4.69, 9.17) is 9.15 Å². The number of carbonyl (C=O) groups is 1. The number of benzene rings is 2. The topological polar surface area (TPSA) is 39.4 Å². The van der Waals surface area contributed by atoms with E-state index in [2.05, 4.69) is 0 Å². The van der Waals surface area contributed by atoms with Crippen LogP contribution in [0, 0.1) is 6.92 Å². The zero-order chi connectivity index (χ0) is 14.7. The Morgan fingerprint density at radius 3 is 2.14 bits per heavy atom. The van der Waals surface area contributed by atoms with Gasteiger partial charge < -0.3 is 9.15 Å². The van der Waals surface area contributed by atoms with Crippen molar-refractivity contribution in [1.29, 1.82) is 0 Å². The number of furan rings is 1. The number of ether oxygens (including phenoxy) is 1. The van der Waals surface area contributed by atoms with Crippen LogP contribution in [0.2, 0.25) is 0 Å². The van der Waals surface area contributed by atoms with E-state index in [0.29, 0.717) is 17.1 Å². The Labute approximate surface area is 122 Å². The van der Waals surface area contributed by atoms with Gasteiger partial charge in [0.2, 0.25) is 5.78 Å². The van der Waals surface area contributed by atoms with Crippen LogP contribution in [0.3, 0.4) is 0 Å². The van der Waals surface area contributed by atoms with Gasteiger partial charge in [0.15, 0.2) is 5.76 Å². The van der Waals surface area contributed by atoms with Gasteiger partial charge in [0.25, 0.3) is 0 Å². The maximum absolute atomic E-state index is 12.2. The summed E-state index contributed by atoms with van der Waals surface area (Å²) >= 11 is 0. The average Bonchev–Trinajstić information content (AvgIpc) is 2.95. The maximum atomic E-state index is 12.2. The van der Waals surface area contributed by atoms with Gasteiger partial charge in [-0.05, 0) is 55.5 Å². The predicted octanol–water partition coefficient (Wildman–Crippen LogP) is 4.61. The molecule has 0 unspecified atom stereocenters. The van der Waals surface area contributed by atoms with Gasteiger partial charge in [-0.3, -0.25) is 4.79 Å². The number of carbonyl (C=O) groups excluding carboxylic acids is 1. The number of para-hydroxylation sites is 1. The quantitative estimate of drug-likeness (QED) is 0.654. The Morgan fingerprint density at radius 1 is 0.857 bits per heavy atom. The van der Waals surface area contributed by atoms with Gasteiger partial charge >= 0.3 is 0 Å². The normalized spacial score (nSPS) is 10.3. The second-order valence-electron chi connectivity index (χ2n) is 4.68. The molecule has 1 heterocycles. The third kappa shape index (κ3) is 3.03. The van der Waals surface area contributed by atoms with E-state index in [1.165, 1.54) is 0 Å². The minimum atomic E-state index is -0.130. The molecule has 0 spiro atoms. The fraction of sp³-hybridized carbons (Fsp3) is 0.0556. The van der Waals surface area contributed by atoms with Crippen LogP contribution < -0.4 is 4.74 Å². The first-order chi connectivity index (χ1) is 10.2. The first-order valence-corrected chi connectivity index (χ1v) is 6.66. The van der Waals surface area contributed by atoms with Crippen LogP contribution in [0.1, 0.15) is 21.9 Å². The molecule has 0 atom stereocenters. The molecular weight excluding hydrogens is 264 g/mol. The van der Waals surface area contributed by atoms with Crippen LogP contribution in [-0.4, -0.2) is 5.78 Å². The van der Waals surface area contributed by atoms with E-state index < -0.39 is 0 Å². The largest absolute Gasteiger partial charge is 0.458 e. The van der Waals surface area contributed by atoms with Crippen LogP contribution in [0.15, 0.2) is 71.1 Å². The molecule has 3 aromatic rings. The second kappa shape index (κ2) is 5.67. The number of rotatable bonds is 4. The van der Waals surface area contributed by atoms with Crippen molar-refractivity contribution in [2.45, 2.75) is 6.92 Å². The van der Waals surface area contributed by atoms with Crippen LogP contribution >= 0.6 is 0 Å². The standard InChI is InChI=1S/C18H14O3/c1-13-7-12-17(20-13)18(19)14-8-10-16(11-9-14)21-15-5-3-2-4-6-15/h2-12H,1H3. The van der Waals surface area contributed by atoms with Crippen molar-refractivity contribution in [3.8, 4) is 11.5 Å². The zero-order valence-electron chi connectivity index (χ0n) is 11.6. The fourth-order valence-electron chi connectivity index (χ4n) is 2.00. The summed E-state index contributed by atoms with van der Waals surface area (Å²) in [5, 5.41) is 0. The average molecular weight is 278 g/mol. The van der Waals surface area contributed by atoms with Crippen LogP contribution in [0.4, 0.5) is 0 Å². The van der Waals surface area contributed by atoms with Crippen molar-refractivity contribution in [3.63, 3.8) is 0 Å². The highest BCUT2D eigenvalue weighted by Crippen LogP contribution is 2.22. The van der Waals surface area contributed by atoms with Crippen molar-refractivity contribution < 1.29 is 13.9 Å². The van der Waals surface area contributed by atoms with Gasteiger partial charge in [0.1, 0.15) is 17.3 Å². The maximum Gasteiger partial charge on any atom is 0.228 e. The summed E-state index contributed by atoms with van der Waals surface area (Å²) < 4.78 is 11.0. The number of aryl methyl sites for hydroxylation is 1. The first kappa shape index (κ1) is 13.2. The summed E-state index contributed by atoms with van der Waals surface area (Å²) in [6.07, 6.45) is 0. The molecule has 3 rings (SSSR count).